The molecule has 0 aliphatic heterocycles. The molecule has 0 aliphatic rings. The van der Waals surface area contributed by atoms with Gasteiger partial charge in [0.2, 0.25) is 15.7 Å². The molecule has 0 unspecified atom stereocenters. The highest BCUT2D eigenvalue weighted by Gasteiger charge is 2.27. The first-order valence-corrected chi connectivity index (χ1v) is 10.5. The molecule has 0 atom stereocenters. The average Bonchev–Trinajstić information content (AvgIpc) is 2.70. The summed E-state index contributed by atoms with van der Waals surface area (Å²) in [5.41, 5.74) is -0.354. The van der Waals surface area contributed by atoms with E-state index >= 15 is 0 Å². The van der Waals surface area contributed by atoms with Gasteiger partial charge in [0.25, 0.3) is 0 Å². The van der Waals surface area contributed by atoms with Crippen LogP contribution in [0.1, 0.15) is 10.4 Å². The van der Waals surface area contributed by atoms with Crippen molar-refractivity contribution < 1.29 is 27.9 Å². The first-order valence-electron chi connectivity index (χ1n) is 8.49. The van der Waals surface area contributed by atoms with Crippen molar-refractivity contribution in [3.63, 3.8) is 0 Å². The standard InChI is InChI=1S/C20H15ClN2O6S/c21-13-8-9-17(29-14-5-2-1-3-6-14)16(11-13)23-18(24)12-30(27,28)19-15(20(25)26)7-4-10-22-19/h1-11H,12H2,(H,23,24)(H,25,26). The van der Waals surface area contributed by atoms with E-state index in [1.54, 1.807) is 30.3 Å². The fourth-order valence-corrected chi connectivity index (χ4v) is 3.97. The summed E-state index contributed by atoms with van der Waals surface area (Å²) in [6, 6.07) is 15.6. The van der Waals surface area contributed by atoms with Crippen LogP contribution in [0, 0.1) is 0 Å². The third-order valence-corrected chi connectivity index (χ3v) is 5.60. The van der Waals surface area contributed by atoms with Crippen molar-refractivity contribution in [1.29, 1.82) is 0 Å². The Labute approximate surface area is 177 Å². The zero-order valence-corrected chi connectivity index (χ0v) is 16.9. The van der Waals surface area contributed by atoms with Gasteiger partial charge in [-0.15, -0.1) is 0 Å². The minimum absolute atomic E-state index is 0.158. The van der Waals surface area contributed by atoms with Crippen LogP contribution in [-0.4, -0.2) is 36.1 Å². The van der Waals surface area contributed by atoms with Crippen LogP contribution in [0.3, 0.4) is 0 Å². The number of hydrogen-bond donors (Lipinski definition) is 2. The van der Waals surface area contributed by atoms with Gasteiger partial charge >= 0.3 is 5.97 Å². The molecule has 3 rings (SSSR count). The summed E-state index contributed by atoms with van der Waals surface area (Å²) < 4.78 is 30.8. The number of para-hydroxylation sites is 1. The summed E-state index contributed by atoms with van der Waals surface area (Å²) in [6.45, 7) is 0. The van der Waals surface area contributed by atoms with Gasteiger partial charge in [-0.2, -0.15) is 0 Å². The number of sulfone groups is 1. The molecule has 1 amide bonds. The number of rotatable bonds is 7. The third-order valence-electron chi connectivity index (χ3n) is 3.80. The van der Waals surface area contributed by atoms with Gasteiger partial charge in [0, 0.05) is 11.2 Å². The van der Waals surface area contributed by atoms with Crippen molar-refractivity contribution in [3.8, 4) is 11.5 Å². The van der Waals surface area contributed by atoms with Gasteiger partial charge in [-0.3, -0.25) is 4.79 Å². The topological polar surface area (TPSA) is 123 Å². The number of nitrogens with zero attached hydrogens (tertiary/aromatic N) is 1. The molecule has 0 radical (unpaired) electrons. The van der Waals surface area contributed by atoms with Crippen LogP contribution in [0.25, 0.3) is 0 Å². The molecule has 10 heteroatoms. The van der Waals surface area contributed by atoms with Gasteiger partial charge in [-0.05, 0) is 42.5 Å². The maximum atomic E-state index is 12.6. The molecule has 0 aliphatic carbocycles. The number of nitrogens with one attached hydrogen (secondary N) is 1. The molecule has 1 aromatic heterocycles. The number of benzene rings is 2. The second kappa shape index (κ2) is 8.93. The smallest absolute Gasteiger partial charge is 0.338 e. The summed E-state index contributed by atoms with van der Waals surface area (Å²) in [6.07, 6.45) is 1.14. The molecule has 0 fully saturated rings. The van der Waals surface area contributed by atoms with Crippen LogP contribution < -0.4 is 10.1 Å². The molecule has 0 saturated carbocycles. The highest BCUT2D eigenvalue weighted by molar-refractivity contribution is 7.92. The predicted molar refractivity (Wildman–Crippen MR) is 110 cm³/mol. The molecular weight excluding hydrogens is 432 g/mol. The van der Waals surface area contributed by atoms with E-state index in [2.05, 4.69) is 10.3 Å². The van der Waals surface area contributed by atoms with Crippen LogP contribution in [0.4, 0.5) is 5.69 Å². The van der Waals surface area contributed by atoms with E-state index in [0.717, 1.165) is 12.3 Å². The Morgan fingerprint density at radius 3 is 2.50 bits per heavy atom. The van der Waals surface area contributed by atoms with E-state index in [-0.39, 0.29) is 11.4 Å². The van der Waals surface area contributed by atoms with E-state index in [1.165, 1.54) is 18.2 Å². The lowest BCUT2D eigenvalue weighted by Crippen LogP contribution is -2.25. The Bertz CT molecular complexity index is 1200. The largest absolute Gasteiger partial charge is 0.478 e. The zero-order chi connectivity index (χ0) is 21.7. The first-order chi connectivity index (χ1) is 14.3. The van der Waals surface area contributed by atoms with Crippen molar-refractivity contribution >= 4 is 39.0 Å². The number of anilines is 1. The zero-order valence-electron chi connectivity index (χ0n) is 15.3. The van der Waals surface area contributed by atoms with Crippen molar-refractivity contribution in [2.45, 2.75) is 5.03 Å². The van der Waals surface area contributed by atoms with Crippen LogP contribution in [0.15, 0.2) is 71.9 Å². The minimum Gasteiger partial charge on any atom is -0.478 e. The maximum absolute atomic E-state index is 12.6. The van der Waals surface area contributed by atoms with E-state index in [9.17, 15) is 18.0 Å². The summed E-state index contributed by atoms with van der Waals surface area (Å²) in [7, 11) is -4.31. The lowest BCUT2D eigenvalue weighted by Gasteiger charge is -2.13. The van der Waals surface area contributed by atoms with Crippen LogP contribution in [0.5, 0.6) is 11.5 Å². The number of carbonyl (C=O) groups is 2. The van der Waals surface area contributed by atoms with Crippen molar-refractivity contribution in [2.24, 2.45) is 0 Å². The monoisotopic (exact) mass is 446 g/mol. The fraction of sp³-hybridized carbons (Fsp3) is 0.0500. The molecule has 8 nitrogen and oxygen atoms in total. The van der Waals surface area contributed by atoms with Gasteiger partial charge in [0.15, 0.2) is 10.8 Å². The lowest BCUT2D eigenvalue weighted by molar-refractivity contribution is -0.113. The number of carboxylic acids is 1. The van der Waals surface area contributed by atoms with E-state index in [1.807, 2.05) is 6.07 Å². The van der Waals surface area contributed by atoms with Crippen LogP contribution in [0.2, 0.25) is 5.02 Å². The SMILES string of the molecule is O=C(CS(=O)(=O)c1ncccc1C(=O)O)Nc1cc(Cl)ccc1Oc1ccccc1. The normalized spacial score (nSPS) is 11.0. The van der Waals surface area contributed by atoms with Gasteiger partial charge in [0.05, 0.1) is 11.3 Å². The number of halogens is 1. The van der Waals surface area contributed by atoms with Crippen LogP contribution >= 0.6 is 11.6 Å². The highest BCUT2D eigenvalue weighted by atomic mass is 35.5. The van der Waals surface area contributed by atoms with E-state index in [0.29, 0.717) is 10.8 Å². The van der Waals surface area contributed by atoms with E-state index < -0.39 is 38.1 Å². The van der Waals surface area contributed by atoms with Gasteiger partial charge < -0.3 is 15.2 Å². The molecule has 0 saturated heterocycles. The van der Waals surface area contributed by atoms with Gasteiger partial charge in [-0.1, -0.05) is 29.8 Å². The molecule has 0 bridgehead atoms. The predicted octanol–water partition coefficient (Wildman–Crippen LogP) is 3.64. The number of aromatic carboxylic acids is 1. The van der Waals surface area contributed by atoms with Gasteiger partial charge in [-0.25, -0.2) is 18.2 Å². The maximum Gasteiger partial charge on any atom is 0.338 e. The highest BCUT2D eigenvalue weighted by Crippen LogP contribution is 2.32. The summed E-state index contributed by atoms with van der Waals surface area (Å²) in [4.78, 5) is 27.3. The Kier molecular flexibility index (Phi) is 6.34. The molecule has 1 heterocycles. The molecular formula is C20H15ClN2O6S. The number of aromatic nitrogens is 1. The number of amides is 1. The second-order valence-corrected chi connectivity index (χ2v) is 8.37. The summed E-state index contributed by atoms with van der Waals surface area (Å²) in [5, 5.41) is 11.2. The molecule has 0 spiro atoms. The lowest BCUT2D eigenvalue weighted by atomic mass is 10.3. The number of carbonyl (C=O) groups excluding carboxylic acids is 1. The number of carboxylic acid groups (broad SMARTS) is 1. The Morgan fingerprint density at radius 2 is 1.80 bits per heavy atom. The number of pyridine rings is 1. The molecule has 2 aromatic carbocycles. The molecule has 154 valence electrons. The Hall–Kier alpha value is -3.43. The Balaban J connectivity index is 1.83. The first kappa shape index (κ1) is 21.3. The minimum atomic E-state index is -4.31. The van der Waals surface area contributed by atoms with Crippen molar-refractivity contribution in [3.05, 3.63) is 77.4 Å². The summed E-state index contributed by atoms with van der Waals surface area (Å²) >= 11 is 5.99. The fourth-order valence-electron chi connectivity index (χ4n) is 2.53. The Morgan fingerprint density at radius 1 is 1.07 bits per heavy atom. The van der Waals surface area contributed by atoms with E-state index in [4.69, 9.17) is 21.4 Å². The van der Waals surface area contributed by atoms with Gasteiger partial charge in [0.1, 0.15) is 11.5 Å². The quantitative estimate of drug-likeness (QED) is 0.568. The van der Waals surface area contributed by atoms with Crippen molar-refractivity contribution in [1.82, 2.24) is 4.98 Å². The number of hydrogen-bond acceptors (Lipinski definition) is 6. The molecule has 30 heavy (non-hydrogen) atoms. The second-order valence-electron chi connectivity index (χ2n) is 6.02. The van der Waals surface area contributed by atoms with Crippen molar-refractivity contribution in [2.75, 3.05) is 11.1 Å². The third kappa shape index (κ3) is 5.13. The molecule has 3 aromatic rings. The number of ether oxygens (including phenoxy) is 1. The summed E-state index contributed by atoms with van der Waals surface area (Å²) in [5.74, 6) is -2.63. The average molecular weight is 447 g/mol. The molecule has 2 N–H and O–H groups in total. The van der Waals surface area contributed by atoms with Crippen LogP contribution in [-0.2, 0) is 14.6 Å².